The highest BCUT2D eigenvalue weighted by molar-refractivity contribution is 7.91. The number of rotatable bonds is 12. The fraction of sp³-hybridized carbons (Fsp3) is 0.667. The molecule has 298 valence electrons. The second-order valence-corrected chi connectivity index (χ2v) is 25.3. The number of nitrogens with zero attached hydrogens (tertiary/aromatic N) is 6. The minimum Gasteiger partial charge on any atom is -0.266 e. The van der Waals surface area contributed by atoms with Gasteiger partial charge in [-0.1, -0.05) is 12.1 Å². The van der Waals surface area contributed by atoms with Gasteiger partial charge in [-0.25, -0.2) is 25.3 Å². The van der Waals surface area contributed by atoms with Crippen LogP contribution in [-0.4, -0.2) is 93.8 Å². The second kappa shape index (κ2) is 15.1. The number of hydrogen-bond acceptors (Lipinski definition) is 9. The monoisotopic (exact) mass is 802 g/mol. The van der Waals surface area contributed by atoms with Crippen molar-refractivity contribution in [1.82, 2.24) is 22.9 Å². The number of pyridine rings is 2. The third kappa shape index (κ3) is 7.74. The molecule has 0 radical (unpaired) electrons. The molecule has 6 heterocycles. The van der Waals surface area contributed by atoms with Crippen molar-refractivity contribution >= 4 is 35.8 Å². The minimum absolute atomic E-state index is 0.0819. The van der Waals surface area contributed by atoms with E-state index < -0.39 is 50.4 Å². The maximum atomic E-state index is 14.5. The SMILES string of the molecule is CC(C)(C)S(=O)(=O)N1CCC[C@@H]1C1C=CN=C(CC(C)(C)S(=O)(=O)N2CCC[C@H]2c2cc(CC(C)(C)S(=O)(=O)N3CCCC3c3ccccn3)ccn2)C1. The Morgan fingerprint density at radius 3 is 1.85 bits per heavy atom. The van der Waals surface area contributed by atoms with E-state index in [0.717, 1.165) is 42.7 Å². The summed E-state index contributed by atoms with van der Waals surface area (Å²) in [5, 5.41) is 0. The first-order valence-electron chi connectivity index (χ1n) is 19.3. The molecule has 2 unspecified atom stereocenters. The fourth-order valence-corrected chi connectivity index (χ4v) is 14.2. The summed E-state index contributed by atoms with van der Waals surface area (Å²) in [7, 11) is -11.1. The smallest absolute Gasteiger partial charge is 0.220 e. The van der Waals surface area contributed by atoms with Gasteiger partial charge in [0, 0.05) is 62.3 Å². The van der Waals surface area contributed by atoms with E-state index in [9.17, 15) is 25.3 Å². The topological polar surface area (TPSA) is 150 Å². The predicted octanol–water partition coefficient (Wildman–Crippen LogP) is 6.17. The van der Waals surface area contributed by atoms with Crippen LogP contribution in [0, 0.1) is 5.92 Å². The van der Waals surface area contributed by atoms with Crippen molar-refractivity contribution in [2.45, 2.75) is 139 Å². The van der Waals surface area contributed by atoms with Crippen LogP contribution in [0.15, 0.2) is 60.0 Å². The molecule has 4 aliphatic heterocycles. The van der Waals surface area contributed by atoms with Crippen LogP contribution in [0.4, 0.5) is 0 Å². The lowest BCUT2D eigenvalue weighted by Crippen LogP contribution is -2.48. The highest BCUT2D eigenvalue weighted by Gasteiger charge is 2.49. The van der Waals surface area contributed by atoms with E-state index in [-0.39, 0.29) is 30.8 Å². The molecule has 12 nitrogen and oxygen atoms in total. The Morgan fingerprint density at radius 1 is 0.667 bits per heavy atom. The zero-order valence-corrected chi connectivity index (χ0v) is 35.3. The van der Waals surface area contributed by atoms with Crippen molar-refractivity contribution in [1.29, 1.82) is 0 Å². The second-order valence-electron chi connectivity index (χ2n) is 17.6. The van der Waals surface area contributed by atoms with Gasteiger partial charge in [0.05, 0.1) is 37.7 Å². The van der Waals surface area contributed by atoms with Gasteiger partial charge in [-0.05, 0) is 130 Å². The van der Waals surface area contributed by atoms with E-state index >= 15 is 0 Å². The number of aliphatic imine (C=N–C) groups is 1. The Kier molecular flexibility index (Phi) is 11.5. The molecule has 6 rings (SSSR count). The lowest BCUT2D eigenvalue weighted by molar-refractivity contribution is 0.316. The zero-order chi connectivity index (χ0) is 39.3. The van der Waals surface area contributed by atoms with Crippen LogP contribution >= 0.6 is 0 Å². The van der Waals surface area contributed by atoms with Crippen LogP contribution in [-0.2, 0) is 36.5 Å². The van der Waals surface area contributed by atoms with Crippen LogP contribution in [0.25, 0.3) is 0 Å². The summed E-state index contributed by atoms with van der Waals surface area (Å²) in [6, 6.07) is 8.33. The van der Waals surface area contributed by atoms with Crippen molar-refractivity contribution in [3.05, 3.63) is 72.0 Å². The largest absolute Gasteiger partial charge is 0.266 e. The summed E-state index contributed by atoms with van der Waals surface area (Å²) >= 11 is 0. The predicted molar refractivity (Wildman–Crippen MR) is 213 cm³/mol. The molecule has 0 aliphatic carbocycles. The third-order valence-electron chi connectivity index (χ3n) is 11.8. The van der Waals surface area contributed by atoms with Crippen molar-refractivity contribution < 1.29 is 25.3 Å². The molecule has 54 heavy (non-hydrogen) atoms. The third-order valence-corrected chi connectivity index (χ3v) is 19.6. The Hall–Kier alpha value is -2.56. The molecular weight excluding hydrogens is 745 g/mol. The summed E-state index contributed by atoms with van der Waals surface area (Å²) in [6.45, 7) is 13.5. The molecule has 4 atom stereocenters. The molecule has 2 aromatic rings. The molecule has 0 bridgehead atoms. The van der Waals surface area contributed by atoms with Gasteiger partial charge >= 0.3 is 0 Å². The Balaban J connectivity index is 1.16. The average molecular weight is 803 g/mol. The van der Waals surface area contributed by atoms with Gasteiger partial charge in [0.25, 0.3) is 0 Å². The molecular formula is C39H58N6O6S3. The van der Waals surface area contributed by atoms with Gasteiger partial charge < -0.3 is 0 Å². The van der Waals surface area contributed by atoms with Crippen molar-refractivity contribution in [3.63, 3.8) is 0 Å². The number of hydrogen-bond donors (Lipinski definition) is 0. The average Bonchev–Trinajstić information content (AvgIpc) is 3.90. The van der Waals surface area contributed by atoms with Crippen LogP contribution in [0.5, 0.6) is 0 Å². The molecule has 0 aromatic carbocycles. The van der Waals surface area contributed by atoms with E-state index in [1.54, 1.807) is 80.0 Å². The van der Waals surface area contributed by atoms with Crippen molar-refractivity contribution in [2.24, 2.45) is 10.9 Å². The van der Waals surface area contributed by atoms with E-state index in [0.29, 0.717) is 44.6 Å². The first-order chi connectivity index (χ1) is 25.2. The first kappa shape index (κ1) is 41.1. The van der Waals surface area contributed by atoms with Crippen LogP contribution in [0.3, 0.4) is 0 Å². The van der Waals surface area contributed by atoms with E-state index in [2.05, 4.69) is 15.0 Å². The Labute approximate surface area is 323 Å². The van der Waals surface area contributed by atoms with Gasteiger partial charge in [0.15, 0.2) is 0 Å². The normalized spacial score (nSPS) is 25.7. The van der Waals surface area contributed by atoms with Crippen LogP contribution in [0.2, 0.25) is 0 Å². The first-order valence-corrected chi connectivity index (χ1v) is 23.6. The zero-order valence-electron chi connectivity index (χ0n) is 32.8. The minimum atomic E-state index is -3.87. The Bertz CT molecular complexity index is 2080. The summed E-state index contributed by atoms with van der Waals surface area (Å²) in [5.41, 5.74) is 2.91. The maximum Gasteiger partial charge on any atom is 0.220 e. The molecule has 0 N–H and O–H groups in total. The lowest BCUT2D eigenvalue weighted by atomic mass is 9.88. The van der Waals surface area contributed by atoms with Crippen molar-refractivity contribution in [3.8, 4) is 0 Å². The van der Waals surface area contributed by atoms with E-state index in [4.69, 9.17) is 0 Å². The van der Waals surface area contributed by atoms with Gasteiger partial charge in [-0.3, -0.25) is 15.0 Å². The quantitative estimate of drug-likeness (QED) is 0.248. The van der Waals surface area contributed by atoms with Gasteiger partial charge in [-0.15, -0.1) is 0 Å². The summed E-state index contributed by atoms with van der Waals surface area (Å²) < 4.78 is 85.9. The lowest BCUT2D eigenvalue weighted by Gasteiger charge is -2.37. The molecule has 4 aliphatic rings. The highest BCUT2D eigenvalue weighted by atomic mass is 32.2. The summed E-state index contributed by atoms with van der Waals surface area (Å²) in [4.78, 5) is 13.7. The van der Waals surface area contributed by atoms with E-state index in [1.807, 2.05) is 36.4 Å². The highest BCUT2D eigenvalue weighted by Crippen LogP contribution is 2.42. The molecule has 15 heteroatoms. The van der Waals surface area contributed by atoms with Gasteiger partial charge in [0.1, 0.15) is 0 Å². The summed E-state index contributed by atoms with van der Waals surface area (Å²) in [6.07, 6.45) is 12.3. The van der Waals surface area contributed by atoms with Crippen LogP contribution < -0.4 is 0 Å². The van der Waals surface area contributed by atoms with Crippen LogP contribution in [0.1, 0.15) is 129 Å². The number of sulfonamides is 3. The molecule has 3 fully saturated rings. The van der Waals surface area contributed by atoms with E-state index in [1.165, 1.54) is 0 Å². The van der Waals surface area contributed by atoms with Crippen molar-refractivity contribution in [2.75, 3.05) is 19.6 Å². The standard InChI is InChI=1S/C39H58N6O6S3/c1-37(2,3)52(46,47)43-22-10-14-34(43)30-18-21-40-31(26-30)28-39(6,7)54(50,51)45-24-12-16-36(45)33-25-29(17-20-42-33)27-38(4,5)53(48,49)44-23-11-15-35(44)32-13-8-9-19-41-32/h8-9,13,17-21,25,30,34-36H,10-12,14-16,22-24,26-28H2,1-7H3/t30?,34-,35?,36+/m1/s1. The fourth-order valence-electron chi connectivity index (χ4n) is 8.68. The maximum absolute atomic E-state index is 14.5. The Morgan fingerprint density at radius 2 is 1.24 bits per heavy atom. The molecule has 2 aromatic heterocycles. The molecule has 3 saturated heterocycles. The molecule has 0 saturated carbocycles. The molecule has 0 amide bonds. The molecule has 0 spiro atoms. The van der Waals surface area contributed by atoms with Gasteiger partial charge in [0.2, 0.25) is 30.1 Å². The summed E-state index contributed by atoms with van der Waals surface area (Å²) in [5.74, 6) is -0.0819. The number of aromatic nitrogens is 2. The van der Waals surface area contributed by atoms with Gasteiger partial charge in [-0.2, -0.15) is 12.9 Å².